The van der Waals surface area contributed by atoms with Gasteiger partial charge in [0.25, 0.3) is 0 Å². The highest BCUT2D eigenvalue weighted by molar-refractivity contribution is 7.15. The third-order valence-corrected chi connectivity index (χ3v) is 4.18. The molecule has 118 valence electrons. The average molecular weight is 310 g/mol. The van der Waals surface area contributed by atoms with Crippen molar-refractivity contribution in [3.8, 4) is 0 Å². The molecule has 0 radical (unpaired) electrons. The Hall–Kier alpha value is -1.11. The number of rotatable bonds is 8. The quantitative estimate of drug-likeness (QED) is 0.786. The van der Waals surface area contributed by atoms with Crippen molar-refractivity contribution in [3.05, 3.63) is 17.3 Å². The van der Waals surface area contributed by atoms with Crippen molar-refractivity contribution in [3.63, 3.8) is 0 Å². The van der Waals surface area contributed by atoms with E-state index >= 15 is 0 Å². The molecular formula is C15H26N4OS. The zero-order chi connectivity index (χ0) is 15.4. The summed E-state index contributed by atoms with van der Waals surface area (Å²) in [4.78, 5) is 7.95. The first-order valence-corrected chi connectivity index (χ1v) is 8.45. The van der Waals surface area contributed by atoms with Crippen LogP contribution in [-0.4, -0.2) is 40.2 Å². The zero-order valence-electron chi connectivity index (χ0n) is 13.3. The second-order valence-corrected chi connectivity index (χ2v) is 6.85. The smallest absolute Gasteiger partial charge is 0.195 e. The number of nitrogens with one attached hydrogen (secondary N) is 1. The summed E-state index contributed by atoms with van der Waals surface area (Å²) in [5.41, 5.74) is 1.18. The Balaban J connectivity index is 2.30. The summed E-state index contributed by atoms with van der Waals surface area (Å²) < 4.78 is 2.15. The standard InChI is InChI=1S/C15H26N4OS/c1-11(2)9-16-10-13-14(18(5-7-20)12(3)4)17-15-19(13)6-8-21-15/h6,8,11-12,16,20H,5,7,9-10H2,1-4H3. The van der Waals surface area contributed by atoms with Crippen LogP contribution in [0.25, 0.3) is 4.96 Å². The van der Waals surface area contributed by atoms with Gasteiger partial charge in [0.1, 0.15) is 0 Å². The largest absolute Gasteiger partial charge is 0.395 e. The molecule has 0 unspecified atom stereocenters. The second-order valence-electron chi connectivity index (χ2n) is 5.97. The molecule has 0 bridgehead atoms. The number of aromatic nitrogens is 2. The van der Waals surface area contributed by atoms with E-state index in [1.54, 1.807) is 11.3 Å². The Morgan fingerprint density at radius 3 is 2.76 bits per heavy atom. The molecule has 0 spiro atoms. The summed E-state index contributed by atoms with van der Waals surface area (Å²) in [5, 5.41) is 14.9. The number of aliphatic hydroxyl groups excluding tert-OH is 1. The molecule has 0 amide bonds. The lowest BCUT2D eigenvalue weighted by atomic mass is 10.2. The van der Waals surface area contributed by atoms with Gasteiger partial charge in [0.2, 0.25) is 0 Å². The molecule has 0 aliphatic heterocycles. The zero-order valence-corrected chi connectivity index (χ0v) is 14.2. The van der Waals surface area contributed by atoms with Crippen LogP contribution in [0.1, 0.15) is 33.4 Å². The molecule has 0 saturated carbocycles. The van der Waals surface area contributed by atoms with Crippen molar-refractivity contribution in [1.82, 2.24) is 14.7 Å². The summed E-state index contributed by atoms with van der Waals surface area (Å²) in [5.74, 6) is 1.61. The molecule has 0 aliphatic carbocycles. The molecule has 0 fully saturated rings. The van der Waals surface area contributed by atoms with E-state index in [1.807, 2.05) is 0 Å². The number of imidazole rings is 1. The van der Waals surface area contributed by atoms with Gasteiger partial charge in [0, 0.05) is 30.7 Å². The molecule has 0 aliphatic rings. The highest BCUT2D eigenvalue weighted by Gasteiger charge is 2.20. The highest BCUT2D eigenvalue weighted by atomic mass is 32.1. The first-order chi connectivity index (χ1) is 10.0. The molecule has 6 heteroatoms. The minimum Gasteiger partial charge on any atom is -0.395 e. The van der Waals surface area contributed by atoms with Crippen molar-refractivity contribution in [2.24, 2.45) is 5.92 Å². The first-order valence-electron chi connectivity index (χ1n) is 7.57. The number of aliphatic hydroxyl groups is 1. The molecule has 2 heterocycles. The summed E-state index contributed by atoms with van der Waals surface area (Å²) >= 11 is 1.64. The van der Waals surface area contributed by atoms with Crippen LogP contribution in [-0.2, 0) is 6.54 Å². The Morgan fingerprint density at radius 2 is 2.14 bits per heavy atom. The van der Waals surface area contributed by atoms with Crippen LogP contribution in [0.2, 0.25) is 0 Å². The van der Waals surface area contributed by atoms with Gasteiger partial charge in [-0.15, -0.1) is 11.3 Å². The molecule has 5 nitrogen and oxygen atoms in total. The minimum atomic E-state index is 0.141. The number of hydrogen-bond donors (Lipinski definition) is 2. The van der Waals surface area contributed by atoms with Crippen LogP contribution in [0.5, 0.6) is 0 Å². The predicted octanol–water partition coefficient (Wildman–Crippen LogP) is 2.35. The number of nitrogens with zero attached hydrogens (tertiary/aromatic N) is 3. The average Bonchev–Trinajstić information content (AvgIpc) is 2.97. The third-order valence-electron chi connectivity index (χ3n) is 3.42. The molecule has 2 rings (SSSR count). The molecule has 21 heavy (non-hydrogen) atoms. The van der Waals surface area contributed by atoms with Gasteiger partial charge in [-0.25, -0.2) is 4.98 Å². The van der Waals surface area contributed by atoms with E-state index in [1.165, 1.54) is 5.69 Å². The van der Waals surface area contributed by atoms with Crippen LogP contribution in [0, 0.1) is 5.92 Å². The number of anilines is 1. The number of fused-ring (bicyclic) bond motifs is 1. The van der Waals surface area contributed by atoms with E-state index in [2.05, 4.69) is 53.9 Å². The van der Waals surface area contributed by atoms with Crippen molar-refractivity contribution < 1.29 is 5.11 Å². The molecule has 2 aromatic rings. The third kappa shape index (κ3) is 3.75. The maximum atomic E-state index is 9.32. The van der Waals surface area contributed by atoms with Crippen LogP contribution in [0.4, 0.5) is 5.82 Å². The predicted molar refractivity (Wildman–Crippen MR) is 89.2 cm³/mol. The maximum Gasteiger partial charge on any atom is 0.195 e. The van der Waals surface area contributed by atoms with Gasteiger partial charge in [-0.1, -0.05) is 13.8 Å². The van der Waals surface area contributed by atoms with Gasteiger partial charge in [0.05, 0.1) is 12.3 Å². The Kier molecular flexibility index (Phi) is 5.61. The normalized spacial score (nSPS) is 12.0. The van der Waals surface area contributed by atoms with Gasteiger partial charge in [-0.05, 0) is 26.3 Å². The summed E-state index contributed by atoms with van der Waals surface area (Å²) in [6, 6.07) is 0.311. The number of thiazole rings is 1. The Labute approximate surface area is 130 Å². The molecule has 2 aromatic heterocycles. The molecule has 0 aromatic carbocycles. The van der Waals surface area contributed by atoms with E-state index < -0.39 is 0 Å². The molecule has 2 N–H and O–H groups in total. The molecule has 0 atom stereocenters. The topological polar surface area (TPSA) is 52.8 Å². The van der Waals surface area contributed by atoms with Gasteiger partial charge < -0.3 is 15.3 Å². The summed E-state index contributed by atoms with van der Waals surface area (Å²) in [6.07, 6.45) is 2.07. The van der Waals surface area contributed by atoms with Crippen LogP contribution >= 0.6 is 11.3 Å². The Bertz CT molecular complexity index is 561. The molecular weight excluding hydrogens is 284 g/mol. The highest BCUT2D eigenvalue weighted by Crippen LogP contribution is 2.26. The fourth-order valence-corrected chi connectivity index (χ4v) is 3.14. The fourth-order valence-electron chi connectivity index (χ4n) is 2.41. The van der Waals surface area contributed by atoms with Crippen LogP contribution in [0.3, 0.4) is 0 Å². The molecule has 0 saturated heterocycles. The van der Waals surface area contributed by atoms with Gasteiger partial charge >= 0.3 is 0 Å². The lowest BCUT2D eigenvalue weighted by molar-refractivity contribution is 0.298. The summed E-state index contributed by atoms with van der Waals surface area (Å²) in [6.45, 7) is 11.2. The van der Waals surface area contributed by atoms with Crippen molar-refractivity contribution in [2.75, 3.05) is 24.6 Å². The van der Waals surface area contributed by atoms with E-state index in [0.29, 0.717) is 18.5 Å². The van der Waals surface area contributed by atoms with E-state index in [4.69, 9.17) is 4.98 Å². The van der Waals surface area contributed by atoms with Crippen LogP contribution < -0.4 is 10.2 Å². The van der Waals surface area contributed by atoms with E-state index in [-0.39, 0.29) is 6.61 Å². The monoisotopic (exact) mass is 310 g/mol. The van der Waals surface area contributed by atoms with E-state index in [0.717, 1.165) is 23.9 Å². The Morgan fingerprint density at radius 1 is 1.38 bits per heavy atom. The van der Waals surface area contributed by atoms with E-state index in [9.17, 15) is 5.11 Å². The van der Waals surface area contributed by atoms with Gasteiger partial charge in [0.15, 0.2) is 10.8 Å². The van der Waals surface area contributed by atoms with Crippen LogP contribution in [0.15, 0.2) is 11.6 Å². The number of hydrogen-bond acceptors (Lipinski definition) is 5. The fraction of sp³-hybridized carbons (Fsp3) is 0.667. The SMILES string of the molecule is CC(C)CNCc1c(N(CCO)C(C)C)nc2sccn12. The van der Waals surface area contributed by atoms with Gasteiger partial charge in [-0.3, -0.25) is 4.40 Å². The van der Waals surface area contributed by atoms with Crippen molar-refractivity contribution in [1.29, 1.82) is 0 Å². The lowest BCUT2D eigenvalue weighted by Crippen LogP contribution is -2.35. The second kappa shape index (κ2) is 7.24. The van der Waals surface area contributed by atoms with Crippen molar-refractivity contribution in [2.45, 2.75) is 40.3 Å². The lowest BCUT2D eigenvalue weighted by Gasteiger charge is -2.27. The maximum absolute atomic E-state index is 9.32. The van der Waals surface area contributed by atoms with Gasteiger partial charge in [-0.2, -0.15) is 0 Å². The van der Waals surface area contributed by atoms with Crippen molar-refractivity contribution >= 4 is 22.1 Å². The first kappa shape index (κ1) is 16.3. The minimum absolute atomic E-state index is 0.141. The summed E-state index contributed by atoms with van der Waals surface area (Å²) in [7, 11) is 0.